The van der Waals surface area contributed by atoms with Gasteiger partial charge in [0, 0.05) is 55.1 Å². The number of pyridine rings is 1. The third kappa shape index (κ3) is 5.18. The Kier molecular flexibility index (Phi) is 8.39. The Balaban J connectivity index is 1.66. The summed E-state index contributed by atoms with van der Waals surface area (Å²) in [6, 6.07) is 5.02. The van der Waals surface area contributed by atoms with Crippen LogP contribution >= 0.6 is 0 Å². The van der Waals surface area contributed by atoms with Crippen molar-refractivity contribution in [2.75, 3.05) is 6.61 Å². The van der Waals surface area contributed by atoms with Gasteiger partial charge in [-0.25, -0.2) is 4.79 Å². The zero-order valence-corrected chi connectivity index (χ0v) is 26.1. The number of aromatic nitrogens is 1. The minimum atomic E-state index is -1.34. The third-order valence-electron chi connectivity index (χ3n) is 10.2. The minimum absolute atomic E-state index is 0.0104. The number of hydrogen-bond acceptors (Lipinski definition) is 11. The van der Waals surface area contributed by atoms with Gasteiger partial charge < -0.3 is 28.5 Å². The lowest BCUT2D eigenvalue weighted by Gasteiger charge is -2.66. The van der Waals surface area contributed by atoms with Crippen LogP contribution in [0.25, 0.3) is 11.3 Å². The van der Waals surface area contributed by atoms with Gasteiger partial charge in [0.05, 0.1) is 6.10 Å². The molecule has 0 spiro atoms. The Morgan fingerprint density at radius 1 is 1.09 bits per heavy atom. The van der Waals surface area contributed by atoms with Gasteiger partial charge in [-0.05, 0) is 49.7 Å². The molecular weight excluding hydrogens is 570 g/mol. The molecule has 0 radical (unpaired) electrons. The molecule has 2 aliphatic carbocycles. The second-order valence-electron chi connectivity index (χ2n) is 12.9. The average molecular weight is 612 g/mol. The number of hydrogen-bond donors (Lipinski definition) is 1. The van der Waals surface area contributed by atoms with E-state index in [1.165, 1.54) is 6.92 Å². The van der Waals surface area contributed by atoms with Gasteiger partial charge in [-0.15, -0.1) is 0 Å². The molecule has 3 aliphatic rings. The molecule has 44 heavy (non-hydrogen) atoms. The van der Waals surface area contributed by atoms with Gasteiger partial charge in [-0.2, -0.15) is 0 Å². The highest BCUT2D eigenvalue weighted by molar-refractivity contribution is 5.70. The van der Waals surface area contributed by atoms with E-state index in [0.29, 0.717) is 18.4 Å². The molecule has 8 atom stereocenters. The van der Waals surface area contributed by atoms with Crippen LogP contribution in [-0.2, 0) is 28.6 Å². The van der Waals surface area contributed by atoms with E-state index in [4.69, 9.17) is 23.4 Å². The van der Waals surface area contributed by atoms with Crippen LogP contribution in [0, 0.1) is 22.7 Å². The van der Waals surface area contributed by atoms with E-state index in [1.54, 1.807) is 44.4 Å². The van der Waals surface area contributed by atoms with E-state index in [0.717, 1.165) is 0 Å². The van der Waals surface area contributed by atoms with Crippen molar-refractivity contribution in [1.29, 1.82) is 0 Å². The lowest BCUT2D eigenvalue weighted by molar-refractivity contribution is -0.271. The van der Waals surface area contributed by atoms with Crippen molar-refractivity contribution >= 4 is 17.9 Å². The predicted octanol–water partition coefficient (Wildman–Crippen LogP) is 4.54. The number of aliphatic hydroxyl groups excluding tert-OH is 1. The Morgan fingerprint density at radius 3 is 2.39 bits per heavy atom. The van der Waals surface area contributed by atoms with Crippen LogP contribution < -0.4 is 10.4 Å². The van der Waals surface area contributed by atoms with Crippen molar-refractivity contribution in [2.45, 2.75) is 97.6 Å². The number of esters is 3. The second-order valence-corrected chi connectivity index (χ2v) is 12.9. The zero-order chi connectivity index (χ0) is 32.0. The molecular formula is C33H41NO10. The maximum Gasteiger partial charge on any atom is 0.345 e. The molecule has 1 aliphatic heterocycles. The van der Waals surface area contributed by atoms with E-state index in [1.807, 2.05) is 20.8 Å². The first-order valence-electron chi connectivity index (χ1n) is 15.3. The molecule has 0 saturated heterocycles. The van der Waals surface area contributed by atoms with E-state index >= 15 is 0 Å². The smallest absolute Gasteiger partial charge is 0.345 e. The first-order valence-corrected chi connectivity index (χ1v) is 15.3. The summed E-state index contributed by atoms with van der Waals surface area (Å²) in [5.41, 5.74) is -3.09. The molecule has 2 aromatic rings. The predicted molar refractivity (Wildman–Crippen MR) is 156 cm³/mol. The van der Waals surface area contributed by atoms with Gasteiger partial charge in [0.15, 0.2) is 0 Å². The van der Waals surface area contributed by atoms with Gasteiger partial charge >= 0.3 is 23.5 Å². The fraction of sp³-hybridized carbons (Fsp3) is 0.606. The summed E-state index contributed by atoms with van der Waals surface area (Å²) in [4.78, 5) is 55.0. The van der Waals surface area contributed by atoms with Crippen molar-refractivity contribution in [3.05, 3.63) is 46.6 Å². The van der Waals surface area contributed by atoms with Crippen LogP contribution in [0.5, 0.6) is 5.75 Å². The van der Waals surface area contributed by atoms with Crippen LogP contribution in [-0.4, -0.2) is 52.4 Å². The molecule has 3 heterocycles. The normalized spacial score (nSPS) is 33.9. The molecule has 0 bridgehead atoms. The maximum atomic E-state index is 13.5. The fourth-order valence-electron chi connectivity index (χ4n) is 8.12. The number of aliphatic hydroxyl groups is 1. The Hall–Kier alpha value is -3.73. The highest BCUT2D eigenvalue weighted by Gasteiger charge is 2.70. The fourth-order valence-corrected chi connectivity index (χ4v) is 8.12. The first kappa shape index (κ1) is 31.7. The van der Waals surface area contributed by atoms with Crippen LogP contribution in [0.15, 0.2) is 39.8 Å². The third-order valence-corrected chi connectivity index (χ3v) is 10.2. The SMILES string of the molecule is CCC(=O)O[C@H]1CC[C@@]2(C)[C@@H](C[C@@H](OC(=O)CC)[C@]3(C)Oc4cc(-c5cccnc5)oc(=O)c4[C@@H](O)[C@@H]23)[C@@]1(C)COC(C)=O. The maximum absolute atomic E-state index is 13.5. The summed E-state index contributed by atoms with van der Waals surface area (Å²) in [6.45, 7) is 10.4. The summed E-state index contributed by atoms with van der Waals surface area (Å²) >= 11 is 0. The summed E-state index contributed by atoms with van der Waals surface area (Å²) in [7, 11) is 0. The standard InChI is InChI=1S/C33H41NO10/c1-7-25(36)42-23-11-12-31(4)22(32(23,5)17-40-18(3)35)15-24(43-26(37)8-2)33(6)29(31)28(38)27-21(44-33)14-20(41-30(27)39)19-10-9-13-34-16-19/h9-10,13-14,16,22-24,28-29,38H,7-8,11-12,15,17H2,1-6H3/t22-,23+,24-,28-,29+,31+,32-,33+/m1/s1. The largest absolute Gasteiger partial charge is 0.482 e. The summed E-state index contributed by atoms with van der Waals surface area (Å²) in [5.74, 6) is -2.05. The van der Waals surface area contributed by atoms with Crippen molar-refractivity contribution in [3.8, 4) is 17.1 Å². The lowest BCUT2D eigenvalue weighted by Crippen LogP contribution is -2.71. The minimum Gasteiger partial charge on any atom is -0.482 e. The van der Waals surface area contributed by atoms with Gasteiger partial charge in [-0.3, -0.25) is 19.4 Å². The number of rotatable bonds is 7. The topological polar surface area (TPSA) is 151 Å². The first-order chi connectivity index (χ1) is 20.8. The zero-order valence-electron chi connectivity index (χ0n) is 26.1. The Labute approximate surface area is 256 Å². The van der Waals surface area contributed by atoms with Crippen LogP contribution in [0.3, 0.4) is 0 Å². The Bertz CT molecular complexity index is 1490. The van der Waals surface area contributed by atoms with E-state index in [9.17, 15) is 24.3 Å². The number of fused-ring (bicyclic) bond motifs is 4. The Morgan fingerprint density at radius 2 is 1.77 bits per heavy atom. The summed E-state index contributed by atoms with van der Waals surface area (Å²) in [5, 5.41) is 12.2. The molecule has 1 N–H and O–H groups in total. The van der Waals surface area contributed by atoms with Crippen molar-refractivity contribution < 1.29 is 42.9 Å². The molecule has 238 valence electrons. The summed E-state index contributed by atoms with van der Waals surface area (Å²) < 4.78 is 29.9. The molecule has 2 aromatic heterocycles. The quantitative estimate of drug-likeness (QED) is 0.347. The van der Waals surface area contributed by atoms with Gasteiger partial charge in [0.2, 0.25) is 0 Å². The number of carbonyl (C=O) groups is 3. The van der Waals surface area contributed by atoms with Crippen molar-refractivity contribution in [3.63, 3.8) is 0 Å². The molecule has 0 aromatic carbocycles. The number of carbonyl (C=O) groups excluding carboxylic acids is 3. The van der Waals surface area contributed by atoms with Crippen molar-refractivity contribution in [1.82, 2.24) is 4.98 Å². The van der Waals surface area contributed by atoms with Gasteiger partial charge in [0.25, 0.3) is 0 Å². The molecule has 11 nitrogen and oxygen atoms in total. The van der Waals surface area contributed by atoms with E-state index < -0.39 is 58.2 Å². The lowest BCUT2D eigenvalue weighted by atomic mass is 9.42. The average Bonchev–Trinajstić information content (AvgIpc) is 2.98. The second kappa shape index (κ2) is 11.6. The van der Waals surface area contributed by atoms with E-state index in [-0.39, 0.29) is 54.8 Å². The molecule has 11 heteroatoms. The van der Waals surface area contributed by atoms with Crippen LogP contribution in [0.1, 0.15) is 85.3 Å². The molecule has 2 fully saturated rings. The van der Waals surface area contributed by atoms with Crippen LogP contribution in [0.4, 0.5) is 0 Å². The molecule has 5 rings (SSSR count). The highest BCUT2D eigenvalue weighted by atomic mass is 16.6. The highest BCUT2D eigenvalue weighted by Crippen LogP contribution is 2.67. The number of ether oxygens (including phenoxy) is 4. The monoisotopic (exact) mass is 611 g/mol. The van der Waals surface area contributed by atoms with Crippen molar-refractivity contribution in [2.24, 2.45) is 22.7 Å². The van der Waals surface area contributed by atoms with Gasteiger partial charge in [0.1, 0.15) is 41.5 Å². The molecule has 2 saturated carbocycles. The molecule has 0 unspecified atom stereocenters. The number of nitrogens with zero attached hydrogens (tertiary/aromatic N) is 1. The van der Waals surface area contributed by atoms with E-state index in [2.05, 4.69) is 4.98 Å². The van der Waals surface area contributed by atoms with Crippen LogP contribution in [0.2, 0.25) is 0 Å². The van der Waals surface area contributed by atoms with Gasteiger partial charge in [-0.1, -0.05) is 27.7 Å². The summed E-state index contributed by atoms with van der Waals surface area (Å²) in [6.07, 6.45) is 1.87. The molecule has 0 amide bonds.